The predicted molar refractivity (Wildman–Crippen MR) is 144 cm³/mol. The van der Waals surface area contributed by atoms with E-state index in [4.69, 9.17) is 4.74 Å². The molecule has 1 aliphatic heterocycles. The van der Waals surface area contributed by atoms with Gasteiger partial charge in [-0.1, -0.05) is 0 Å². The lowest BCUT2D eigenvalue weighted by Crippen LogP contribution is -2.60. The van der Waals surface area contributed by atoms with Gasteiger partial charge >= 0.3 is 0 Å². The number of likely N-dealkylation sites (N-methyl/N-ethyl adjacent to an activating group) is 1. The van der Waals surface area contributed by atoms with Crippen LogP contribution in [0.15, 0.2) is 60.0 Å². The summed E-state index contributed by atoms with van der Waals surface area (Å²) in [6.07, 6.45) is 4.68. The molecule has 0 bridgehead atoms. The average molecular weight is 525 g/mol. The second kappa shape index (κ2) is 10.8. The van der Waals surface area contributed by atoms with Gasteiger partial charge in [-0.05, 0) is 59.1 Å². The molecular formula is C26H33FN8O3. The number of benzene rings is 1. The Labute approximate surface area is 220 Å². The highest BCUT2D eigenvalue weighted by molar-refractivity contribution is 5.95. The van der Waals surface area contributed by atoms with Gasteiger partial charge in [-0.2, -0.15) is 0 Å². The standard InChI is InChI=1S/C26H33FN8O3/c1-16(2)38-24-21(14-23(35(36)37)26(3,32-24)29-11-12-33(4)5)31-25-28-10-9-20(30-25)19-15-34(6)22-8-7-17(27)13-18(19)22/h7-10,13-16,29,32H,11-12H2,1-6H3,(H,28,30,31). The van der Waals surface area contributed by atoms with Gasteiger partial charge in [0.2, 0.25) is 11.8 Å². The number of ether oxygens (including phenoxy) is 1. The van der Waals surface area contributed by atoms with Gasteiger partial charge in [0.1, 0.15) is 11.5 Å². The lowest BCUT2D eigenvalue weighted by molar-refractivity contribution is -0.437. The van der Waals surface area contributed by atoms with Crippen molar-refractivity contribution in [3.8, 4) is 11.3 Å². The Kier molecular flexibility index (Phi) is 7.65. The van der Waals surface area contributed by atoms with Crippen molar-refractivity contribution in [1.82, 2.24) is 30.1 Å². The molecule has 1 unspecified atom stereocenters. The van der Waals surface area contributed by atoms with E-state index in [0.29, 0.717) is 30.4 Å². The number of nitrogens with one attached hydrogen (secondary N) is 3. The zero-order valence-electron chi connectivity index (χ0n) is 22.4. The molecular weight excluding hydrogens is 491 g/mol. The van der Waals surface area contributed by atoms with Gasteiger partial charge < -0.3 is 24.8 Å². The molecule has 0 saturated heterocycles. The summed E-state index contributed by atoms with van der Waals surface area (Å²) >= 11 is 0. The number of nitro groups is 1. The number of aromatic nitrogens is 3. The minimum atomic E-state index is -1.18. The second-order valence-electron chi connectivity index (χ2n) is 9.88. The molecule has 0 amide bonds. The molecule has 1 atom stereocenters. The van der Waals surface area contributed by atoms with Crippen molar-refractivity contribution in [2.24, 2.45) is 7.05 Å². The van der Waals surface area contributed by atoms with Crippen LogP contribution in [0.25, 0.3) is 22.2 Å². The third-order valence-electron chi connectivity index (χ3n) is 6.12. The van der Waals surface area contributed by atoms with Gasteiger partial charge in [-0.3, -0.25) is 15.4 Å². The van der Waals surface area contributed by atoms with Crippen LogP contribution in [-0.2, 0) is 11.8 Å². The molecule has 38 heavy (non-hydrogen) atoms. The summed E-state index contributed by atoms with van der Waals surface area (Å²) in [6, 6.07) is 6.34. The van der Waals surface area contributed by atoms with Crippen molar-refractivity contribution >= 4 is 16.9 Å². The van der Waals surface area contributed by atoms with E-state index in [1.807, 2.05) is 50.7 Å². The number of allylic oxidation sites excluding steroid dienone is 1. The van der Waals surface area contributed by atoms with E-state index in [2.05, 4.69) is 25.9 Å². The Balaban J connectivity index is 1.70. The van der Waals surface area contributed by atoms with Crippen molar-refractivity contribution in [3.63, 3.8) is 0 Å². The predicted octanol–water partition coefficient (Wildman–Crippen LogP) is 3.41. The Hall–Kier alpha value is -4.03. The first-order valence-corrected chi connectivity index (χ1v) is 12.3. The first-order chi connectivity index (χ1) is 18.0. The number of aryl methyl sites for hydroxylation is 1. The van der Waals surface area contributed by atoms with Crippen LogP contribution in [0.4, 0.5) is 10.3 Å². The molecule has 3 N–H and O–H groups in total. The smallest absolute Gasteiger partial charge is 0.288 e. The number of fused-ring (bicyclic) bond motifs is 1. The van der Waals surface area contributed by atoms with Gasteiger partial charge in [0.25, 0.3) is 5.70 Å². The maximum atomic E-state index is 14.0. The van der Waals surface area contributed by atoms with E-state index >= 15 is 0 Å². The molecule has 0 radical (unpaired) electrons. The van der Waals surface area contributed by atoms with E-state index in [1.54, 1.807) is 25.3 Å². The van der Waals surface area contributed by atoms with Crippen molar-refractivity contribution in [1.29, 1.82) is 0 Å². The van der Waals surface area contributed by atoms with Gasteiger partial charge in [-0.15, -0.1) is 0 Å². The Bertz CT molecular complexity index is 1410. The van der Waals surface area contributed by atoms with E-state index < -0.39 is 10.6 Å². The zero-order valence-corrected chi connectivity index (χ0v) is 22.4. The van der Waals surface area contributed by atoms with Crippen molar-refractivity contribution in [2.75, 3.05) is 32.5 Å². The summed E-state index contributed by atoms with van der Waals surface area (Å²) in [5.41, 5.74) is 1.23. The molecule has 2 aromatic heterocycles. The highest BCUT2D eigenvalue weighted by atomic mass is 19.1. The number of halogens is 1. The maximum absolute atomic E-state index is 14.0. The summed E-state index contributed by atoms with van der Waals surface area (Å²) in [6.45, 7) is 6.64. The molecule has 202 valence electrons. The fraction of sp³-hybridized carbons (Fsp3) is 0.385. The van der Waals surface area contributed by atoms with Crippen molar-refractivity contribution < 1.29 is 14.1 Å². The normalized spacial score (nSPS) is 17.7. The highest BCUT2D eigenvalue weighted by Gasteiger charge is 2.43. The van der Waals surface area contributed by atoms with Crippen LogP contribution in [0.1, 0.15) is 20.8 Å². The topological polar surface area (TPSA) is 122 Å². The van der Waals surface area contributed by atoms with E-state index in [0.717, 1.165) is 16.5 Å². The third-order valence-corrected chi connectivity index (χ3v) is 6.12. The minimum Gasteiger partial charge on any atom is -0.475 e. The van der Waals surface area contributed by atoms with Gasteiger partial charge in [0, 0.05) is 55.1 Å². The first kappa shape index (κ1) is 27.0. The monoisotopic (exact) mass is 524 g/mol. The largest absolute Gasteiger partial charge is 0.475 e. The van der Waals surface area contributed by atoms with Crippen LogP contribution in [0.3, 0.4) is 0 Å². The van der Waals surface area contributed by atoms with Crippen LogP contribution >= 0.6 is 0 Å². The number of dihydropyridines is 1. The Morgan fingerprint density at radius 3 is 2.76 bits per heavy atom. The first-order valence-electron chi connectivity index (χ1n) is 12.3. The molecule has 4 rings (SSSR count). The molecule has 12 heteroatoms. The molecule has 0 spiro atoms. The summed E-state index contributed by atoms with van der Waals surface area (Å²) in [4.78, 5) is 22.6. The Morgan fingerprint density at radius 1 is 1.32 bits per heavy atom. The van der Waals surface area contributed by atoms with Crippen LogP contribution in [0.5, 0.6) is 0 Å². The van der Waals surface area contributed by atoms with Crippen molar-refractivity contribution in [3.05, 3.63) is 75.9 Å². The van der Waals surface area contributed by atoms with E-state index in [9.17, 15) is 14.5 Å². The van der Waals surface area contributed by atoms with Crippen LogP contribution in [0.2, 0.25) is 0 Å². The Morgan fingerprint density at radius 2 is 2.08 bits per heavy atom. The number of anilines is 1. The summed E-state index contributed by atoms with van der Waals surface area (Å²) < 4.78 is 21.9. The lowest BCUT2D eigenvalue weighted by Gasteiger charge is -2.35. The minimum absolute atomic E-state index is 0.0875. The molecule has 3 aromatic rings. The molecule has 1 aliphatic rings. The summed E-state index contributed by atoms with van der Waals surface area (Å²) in [5, 5.41) is 22.3. The number of rotatable bonds is 10. The zero-order chi connectivity index (χ0) is 27.6. The average Bonchev–Trinajstić information content (AvgIpc) is 3.15. The number of hydrogen-bond acceptors (Lipinski definition) is 9. The fourth-order valence-electron chi connectivity index (χ4n) is 4.28. The molecule has 1 aromatic carbocycles. The SMILES string of the molecule is CC(C)OC1=C(Nc2nccc(-c3cn(C)c4ccc(F)cc34)n2)C=C([N+](=O)[O-])C(C)(NCCN(C)C)N1. The van der Waals surface area contributed by atoms with Crippen LogP contribution < -0.4 is 16.0 Å². The highest BCUT2D eigenvalue weighted by Crippen LogP contribution is 2.31. The molecule has 3 heterocycles. The van der Waals surface area contributed by atoms with Crippen LogP contribution in [0, 0.1) is 15.9 Å². The van der Waals surface area contributed by atoms with Gasteiger partial charge in [0.15, 0.2) is 5.66 Å². The lowest BCUT2D eigenvalue weighted by atomic mass is 10.0. The number of hydrogen-bond donors (Lipinski definition) is 3. The molecule has 11 nitrogen and oxygen atoms in total. The maximum Gasteiger partial charge on any atom is 0.288 e. The molecule has 0 saturated carbocycles. The van der Waals surface area contributed by atoms with Crippen molar-refractivity contribution in [2.45, 2.75) is 32.5 Å². The quantitative estimate of drug-likeness (QED) is 0.270. The van der Waals surface area contributed by atoms with Gasteiger partial charge in [-0.25, -0.2) is 14.4 Å². The second-order valence-corrected chi connectivity index (χ2v) is 9.88. The molecule has 0 aliphatic carbocycles. The fourth-order valence-corrected chi connectivity index (χ4v) is 4.28. The van der Waals surface area contributed by atoms with Gasteiger partial charge in [0.05, 0.1) is 16.7 Å². The van der Waals surface area contributed by atoms with E-state index in [-0.39, 0.29) is 23.6 Å². The number of nitrogens with zero attached hydrogens (tertiary/aromatic N) is 5. The summed E-state index contributed by atoms with van der Waals surface area (Å²) in [5.74, 6) is 0.193. The molecule has 0 fully saturated rings. The van der Waals surface area contributed by atoms with Crippen LogP contribution in [-0.4, -0.2) is 63.3 Å². The third kappa shape index (κ3) is 5.76. The van der Waals surface area contributed by atoms with E-state index in [1.165, 1.54) is 18.2 Å². The summed E-state index contributed by atoms with van der Waals surface area (Å²) in [7, 11) is 5.74.